The van der Waals surface area contributed by atoms with Gasteiger partial charge in [-0.3, -0.25) is 4.79 Å². The van der Waals surface area contributed by atoms with Crippen molar-refractivity contribution in [1.82, 2.24) is 4.31 Å². The van der Waals surface area contributed by atoms with Crippen molar-refractivity contribution in [1.29, 1.82) is 0 Å². The summed E-state index contributed by atoms with van der Waals surface area (Å²) in [5, 5.41) is 0. The van der Waals surface area contributed by atoms with E-state index >= 15 is 0 Å². The van der Waals surface area contributed by atoms with Crippen molar-refractivity contribution in [3.63, 3.8) is 0 Å². The molecule has 0 amide bonds. The van der Waals surface area contributed by atoms with Crippen molar-refractivity contribution in [3.05, 3.63) is 23.8 Å². The van der Waals surface area contributed by atoms with Crippen molar-refractivity contribution in [2.75, 3.05) is 13.7 Å². The van der Waals surface area contributed by atoms with Crippen molar-refractivity contribution in [3.8, 4) is 5.75 Å². The van der Waals surface area contributed by atoms with Crippen LogP contribution in [0.15, 0.2) is 23.1 Å². The molecule has 1 saturated heterocycles. The third kappa shape index (κ3) is 3.11. The van der Waals surface area contributed by atoms with Crippen molar-refractivity contribution in [2.45, 2.75) is 44.0 Å². The number of piperidine rings is 1. The third-order valence-electron chi connectivity index (χ3n) is 3.89. The van der Waals surface area contributed by atoms with Crippen LogP contribution in [0.3, 0.4) is 0 Å². The largest absolute Gasteiger partial charge is 0.497 e. The normalized spacial score (nSPS) is 20.2. The molecule has 1 aromatic carbocycles. The minimum absolute atomic E-state index is 0.0931. The van der Waals surface area contributed by atoms with E-state index in [4.69, 9.17) is 4.74 Å². The predicted molar refractivity (Wildman–Crippen MR) is 79.9 cm³/mol. The van der Waals surface area contributed by atoms with Gasteiger partial charge in [-0.2, -0.15) is 4.31 Å². The molecule has 6 heteroatoms. The molecular formula is C15H21NO4S. The van der Waals surface area contributed by atoms with Crippen LogP contribution in [0.1, 0.15) is 31.7 Å². The number of hydrogen-bond acceptors (Lipinski definition) is 4. The van der Waals surface area contributed by atoms with E-state index in [1.54, 1.807) is 32.2 Å². The summed E-state index contributed by atoms with van der Waals surface area (Å²) in [7, 11) is -2.11. The number of nitrogens with zero attached hydrogens (tertiary/aromatic N) is 1. The Hall–Kier alpha value is -1.40. The van der Waals surface area contributed by atoms with Gasteiger partial charge in [0.1, 0.15) is 11.5 Å². The summed E-state index contributed by atoms with van der Waals surface area (Å²) in [6, 6.07) is 4.34. The standard InChI is InChI=1S/C15H21NO4S/c1-11-10-13(20-3)7-8-15(11)21(18,19)16-9-5-4-6-14(16)12(2)17/h7-8,10,14H,4-6,9H2,1-3H3. The molecule has 0 aromatic heterocycles. The SMILES string of the molecule is COc1ccc(S(=O)(=O)N2CCCCC2C(C)=O)c(C)c1. The van der Waals surface area contributed by atoms with E-state index in [1.165, 1.54) is 11.2 Å². The van der Waals surface area contributed by atoms with Crippen LogP contribution in [-0.2, 0) is 14.8 Å². The van der Waals surface area contributed by atoms with Gasteiger partial charge >= 0.3 is 0 Å². The second kappa shape index (κ2) is 6.15. The first-order chi connectivity index (χ1) is 9.87. The van der Waals surface area contributed by atoms with Crippen molar-refractivity contribution >= 4 is 15.8 Å². The van der Waals surface area contributed by atoms with Gasteiger partial charge < -0.3 is 4.74 Å². The molecule has 0 spiro atoms. The monoisotopic (exact) mass is 311 g/mol. The second-order valence-electron chi connectivity index (χ2n) is 5.37. The molecule has 0 radical (unpaired) electrons. The van der Waals surface area contributed by atoms with Crippen LogP contribution in [0.4, 0.5) is 0 Å². The lowest BCUT2D eigenvalue weighted by Gasteiger charge is -2.33. The fraction of sp³-hybridized carbons (Fsp3) is 0.533. The number of rotatable bonds is 4. The van der Waals surface area contributed by atoms with Gasteiger partial charge in [0, 0.05) is 6.54 Å². The molecule has 5 nitrogen and oxygen atoms in total. The number of ketones is 1. The third-order valence-corrected chi connectivity index (χ3v) is 5.96. The number of methoxy groups -OCH3 is 1. The molecular weight excluding hydrogens is 290 g/mol. The van der Waals surface area contributed by atoms with Crippen LogP contribution >= 0.6 is 0 Å². The number of carbonyl (C=O) groups excluding carboxylic acids is 1. The molecule has 0 N–H and O–H groups in total. The van der Waals surface area contributed by atoms with Gasteiger partial charge in [0.15, 0.2) is 0 Å². The molecule has 0 aliphatic carbocycles. The molecule has 1 unspecified atom stereocenters. The Morgan fingerprint density at radius 1 is 1.33 bits per heavy atom. The Morgan fingerprint density at radius 2 is 2.05 bits per heavy atom. The van der Waals surface area contributed by atoms with Crippen LogP contribution in [0.2, 0.25) is 0 Å². The molecule has 2 rings (SSSR count). The Labute approximate surface area is 126 Å². The molecule has 1 atom stereocenters. The van der Waals surface area contributed by atoms with E-state index < -0.39 is 16.1 Å². The highest BCUT2D eigenvalue weighted by molar-refractivity contribution is 7.89. The highest BCUT2D eigenvalue weighted by Gasteiger charge is 2.36. The zero-order valence-corrected chi connectivity index (χ0v) is 13.4. The Morgan fingerprint density at radius 3 is 2.62 bits per heavy atom. The molecule has 0 saturated carbocycles. The number of Topliss-reactive ketones (excluding diaryl/α,β-unsaturated/α-hetero) is 1. The molecule has 21 heavy (non-hydrogen) atoms. The molecule has 1 aromatic rings. The second-order valence-corrected chi connectivity index (χ2v) is 7.23. The fourth-order valence-electron chi connectivity index (χ4n) is 2.76. The first-order valence-corrected chi connectivity index (χ1v) is 8.49. The Kier molecular flexibility index (Phi) is 4.68. The van der Waals surface area contributed by atoms with Crippen LogP contribution in [-0.4, -0.2) is 38.2 Å². The highest BCUT2D eigenvalue weighted by Crippen LogP contribution is 2.29. The van der Waals surface area contributed by atoms with Crippen LogP contribution in [0.5, 0.6) is 5.75 Å². The van der Waals surface area contributed by atoms with Gasteiger partial charge in [0.05, 0.1) is 18.0 Å². The van der Waals surface area contributed by atoms with Crippen LogP contribution in [0.25, 0.3) is 0 Å². The quantitative estimate of drug-likeness (QED) is 0.854. The molecule has 1 aliphatic heterocycles. The maximum Gasteiger partial charge on any atom is 0.243 e. The van der Waals surface area contributed by atoms with Gasteiger partial charge in [0.25, 0.3) is 0 Å². The summed E-state index contributed by atoms with van der Waals surface area (Å²) in [4.78, 5) is 12.0. The maximum atomic E-state index is 12.9. The number of ether oxygens (including phenoxy) is 1. The lowest BCUT2D eigenvalue weighted by Crippen LogP contribution is -2.47. The van der Waals surface area contributed by atoms with Gasteiger partial charge in [-0.15, -0.1) is 0 Å². The summed E-state index contributed by atoms with van der Waals surface area (Å²) in [5.41, 5.74) is 0.627. The van der Waals surface area contributed by atoms with Gasteiger partial charge in [-0.25, -0.2) is 8.42 Å². The Bertz CT molecular complexity index is 639. The predicted octanol–water partition coefficient (Wildman–Crippen LogP) is 2.14. The number of aryl methyl sites for hydroxylation is 1. The summed E-state index contributed by atoms with van der Waals surface area (Å²) < 4.78 is 32.2. The maximum absolute atomic E-state index is 12.9. The lowest BCUT2D eigenvalue weighted by molar-refractivity contribution is -0.121. The molecule has 116 valence electrons. The summed E-state index contributed by atoms with van der Waals surface area (Å²) in [5.74, 6) is 0.526. The molecule has 1 fully saturated rings. The first kappa shape index (κ1) is 16.0. The Balaban J connectivity index is 2.43. The van der Waals surface area contributed by atoms with E-state index in [2.05, 4.69) is 0 Å². The van der Waals surface area contributed by atoms with E-state index in [9.17, 15) is 13.2 Å². The smallest absolute Gasteiger partial charge is 0.243 e. The first-order valence-electron chi connectivity index (χ1n) is 7.05. The zero-order valence-electron chi connectivity index (χ0n) is 12.6. The number of carbonyl (C=O) groups is 1. The van der Waals surface area contributed by atoms with Gasteiger partial charge in [-0.1, -0.05) is 6.42 Å². The van der Waals surface area contributed by atoms with Crippen molar-refractivity contribution < 1.29 is 17.9 Å². The lowest BCUT2D eigenvalue weighted by atomic mass is 10.0. The fourth-order valence-corrected chi connectivity index (χ4v) is 4.68. The van der Waals surface area contributed by atoms with Crippen molar-refractivity contribution in [2.24, 2.45) is 0 Å². The van der Waals surface area contributed by atoms with Crippen LogP contribution < -0.4 is 4.74 Å². The minimum atomic E-state index is -3.65. The number of sulfonamides is 1. The number of hydrogen-bond donors (Lipinski definition) is 0. The minimum Gasteiger partial charge on any atom is -0.497 e. The highest BCUT2D eigenvalue weighted by atomic mass is 32.2. The average molecular weight is 311 g/mol. The van der Waals surface area contributed by atoms with E-state index in [-0.39, 0.29) is 10.7 Å². The van der Waals surface area contributed by atoms with Crippen LogP contribution in [0, 0.1) is 6.92 Å². The molecule has 1 heterocycles. The zero-order chi connectivity index (χ0) is 15.6. The molecule has 1 aliphatic rings. The van der Waals surface area contributed by atoms with E-state index in [1.807, 2.05) is 0 Å². The van der Waals surface area contributed by atoms with Gasteiger partial charge in [-0.05, 0) is 50.5 Å². The van der Waals surface area contributed by atoms with E-state index in [0.29, 0.717) is 24.3 Å². The average Bonchev–Trinajstić information content (AvgIpc) is 2.46. The molecule has 0 bridgehead atoms. The van der Waals surface area contributed by atoms with Gasteiger partial charge in [0.2, 0.25) is 10.0 Å². The summed E-state index contributed by atoms with van der Waals surface area (Å²) in [6.07, 6.45) is 2.28. The summed E-state index contributed by atoms with van der Waals surface area (Å²) >= 11 is 0. The summed E-state index contributed by atoms with van der Waals surface area (Å²) in [6.45, 7) is 3.60. The number of benzene rings is 1. The van der Waals surface area contributed by atoms with E-state index in [0.717, 1.165) is 12.8 Å². The topological polar surface area (TPSA) is 63.7 Å².